The molecule has 1 rings (SSSR count). The number of benzene rings is 1. The molecule has 4 nitrogen and oxygen atoms in total. The minimum atomic E-state index is -0.221. The summed E-state index contributed by atoms with van der Waals surface area (Å²) >= 11 is 6.02. The highest BCUT2D eigenvalue weighted by Crippen LogP contribution is 2.24. The average molecular weight is 228 g/mol. The first-order valence-corrected chi connectivity index (χ1v) is 4.85. The Bertz CT molecular complexity index is 350. The summed E-state index contributed by atoms with van der Waals surface area (Å²) in [5.41, 5.74) is 11.4. The molecule has 0 fully saturated rings. The molecular formula is C10H14ClN3O. The topological polar surface area (TPSA) is 73.6 Å². The molecule has 0 bridgehead atoms. The number of rotatable bonds is 4. The minimum Gasteiger partial charge on any atom is -0.375 e. The summed E-state index contributed by atoms with van der Waals surface area (Å²) in [5, 5.41) is 0.648. The summed E-state index contributed by atoms with van der Waals surface area (Å²) in [5.74, 6) is 0.0455. The maximum atomic E-state index is 6.02. The third kappa shape index (κ3) is 3.42. The maximum Gasteiger partial charge on any atom is 0.186 e. The fourth-order valence-electron chi connectivity index (χ4n) is 1.22. The monoisotopic (exact) mass is 227 g/mol. The van der Waals surface area contributed by atoms with Gasteiger partial charge in [0.05, 0.1) is 6.54 Å². The first kappa shape index (κ1) is 11.8. The van der Waals surface area contributed by atoms with E-state index in [2.05, 4.69) is 4.99 Å². The quantitative estimate of drug-likeness (QED) is 0.602. The molecule has 1 aromatic carbocycles. The number of halogens is 1. The van der Waals surface area contributed by atoms with Crippen LogP contribution in [0.2, 0.25) is 5.02 Å². The highest BCUT2D eigenvalue weighted by molar-refractivity contribution is 6.31. The van der Waals surface area contributed by atoms with Gasteiger partial charge in [-0.05, 0) is 6.07 Å². The van der Waals surface area contributed by atoms with E-state index in [1.165, 1.54) is 0 Å². The van der Waals surface area contributed by atoms with E-state index >= 15 is 0 Å². The van der Waals surface area contributed by atoms with Gasteiger partial charge in [-0.25, -0.2) is 0 Å². The average Bonchev–Trinajstić information content (AvgIpc) is 2.21. The SMILES string of the molecule is COC(CN=C(N)N)c1ccccc1Cl. The zero-order chi connectivity index (χ0) is 11.3. The van der Waals surface area contributed by atoms with Gasteiger partial charge in [0.25, 0.3) is 0 Å². The van der Waals surface area contributed by atoms with Crippen LogP contribution in [-0.2, 0) is 4.74 Å². The van der Waals surface area contributed by atoms with E-state index in [1.54, 1.807) is 13.2 Å². The molecule has 15 heavy (non-hydrogen) atoms. The van der Waals surface area contributed by atoms with Crippen molar-refractivity contribution in [1.29, 1.82) is 0 Å². The van der Waals surface area contributed by atoms with Gasteiger partial charge in [0.2, 0.25) is 0 Å². The Morgan fingerprint density at radius 2 is 2.13 bits per heavy atom. The van der Waals surface area contributed by atoms with Crippen molar-refractivity contribution in [2.75, 3.05) is 13.7 Å². The lowest BCUT2D eigenvalue weighted by molar-refractivity contribution is 0.111. The van der Waals surface area contributed by atoms with Crippen LogP contribution in [0.5, 0.6) is 0 Å². The first-order chi connectivity index (χ1) is 7.15. The van der Waals surface area contributed by atoms with Crippen LogP contribution >= 0.6 is 11.6 Å². The van der Waals surface area contributed by atoms with E-state index in [4.69, 9.17) is 27.8 Å². The van der Waals surface area contributed by atoms with E-state index in [0.29, 0.717) is 11.6 Å². The van der Waals surface area contributed by atoms with Gasteiger partial charge in [-0.1, -0.05) is 29.8 Å². The Balaban J connectivity index is 2.83. The van der Waals surface area contributed by atoms with Gasteiger partial charge in [-0.15, -0.1) is 0 Å². The lowest BCUT2D eigenvalue weighted by Gasteiger charge is -2.14. The number of hydrogen-bond acceptors (Lipinski definition) is 2. The van der Waals surface area contributed by atoms with E-state index in [0.717, 1.165) is 5.56 Å². The van der Waals surface area contributed by atoms with Gasteiger partial charge in [-0.2, -0.15) is 0 Å². The smallest absolute Gasteiger partial charge is 0.186 e. The highest BCUT2D eigenvalue weighted by atomic mass is 35.5. The van der Waals surface area contributed by atoms with Gasteiger partial charge in [0.15, 0.2) is 5.96 Å². The van der Waals surface area contributed by atoms with Gasteiger partial charge in [-0.3, -0.25) is 4.99 Å². The third-order valence-electron chi connectivity index (χ3n) is 1.98. The molecule has 5 heteroatoms. The summed E-state index contributed by atoms with van der Waals surface area (Å²) in [6.07, 6.45) is -0.221. The summed E-state index contributed by atoms with van der Waals surface area (Å²) in [6.45, 7) is 0.364. The lowest BCUT2D eigenvalue weighted by Crippen LogP contribution is -2.24. The number of hydrogen-bond donors (Lipinski definition) is 2. The van der Waals surface area contributed by atoms with Gasteiger partial charge in [0.1, 0.15) is 6.10 Å². The molecule has 0 saturated carbocycles. The zero-order valence-electron chi connectivity index (χ0n) is 8.48. The predicted molar refractivity (Wildman–Crippen MR) is 61.9 cm³/mol. The number of aliphatic imine (C=N–C) groups is 1. The van der Waals surface area contributed by atoms with Crippen molar-refractivity contribution in [1.82, 2.24) is 0 Å². The van der Waals surface area contributed by atoms with Crippen molar-refractivity contribution in [3.8, 4) is 0 Å². The van der Waals surface area contributed by atoms with Crippen LogP contribution in [0, 0.1) is 0 Å². The lowest BCUT2D eigenvalue weighted by atomic mass is 10.1. The second-order valence-corrected chi connectivity index (χ2v) is 3.42. The molecule has 0 radical (unpaired) electrons. The Labute approximate surface area is 93.9 Å². The summed E-state index contributed by atoms with van der Waals surface area (Å²) in [4.78, 5) is 3.90. The highest BCUT2D eigenvalue weighted by Gasteiger charge is 2.12. The van der Waals surface area contributed by atoms with Crippen LogP contribution in [0.25, 0.3) is 0 Å². The van der Waals surface area contributed by atoms with Gasteiger partial charge < -0.3 is 16.2 Å². The Morgan fingerprint density at radius 3 is 2.67 bits per heavy atom. The van der Waals surface area contributed by atoms with Crippen LogP contribution in [-0.4, -0.2) is 19.6 Å². The van der Waals surface area contributed by atoms with Crippen LogP contribution in [0.3, 0.4) is 0 Å². The molecule has 1 unspecified atom stereocenters. The second kappa shape index (κ2) is 5.58. The zero-order valence-corrected chi connectivity index (χ0v) is 9.24. The number of nitrogens with zero attached hydrogens (tertiary/aromatic N) is 1. The molecule has 0 saturated heterocycles. The van der Waals surface area contributed by atoms with Crippen molar-refractivity contribution >= 4 is 17.6 Å². The Hall–Kier alpha value is -1.26. The first-order valence-electron chi connectivity index (χ1n) is 4.47. The Morgan fingerprint density at radius 1 is 1.47 bits per heavy atom. The van der Waals surface area contributed by atoms with Gasteiger partial charge >= 0.3 is 0 Å². The molecule has 0 aliphatic rings. The van der Waals surface area contributed by atoms with Gasteiger partial charge in [0, 0.05) is 17.7 Å². The second-order valence-electron chi connectivity index (χ2n) is 3.01. The van der Waals surface area contributed by atoms with E-state index < -0.39 is 0 Å². The third-order valence-corrected chi connectivity index (χ3v) is 2.32. The molecule has 1 aromatic rings. The molecule has 82 valence electrons. The standard InChI is InChI=1S/C10H14ClN3O/c1-15-9(6-14-10(12)13)7-4-2-3-5-8(7)11/h2-5,9H,6H2,1H3,(H4,12,13,14). The van der Waals surface area contributed by atoms with Crippen molar-refractivity contribution in [2.24, 2.45) is 16.5 Å². The number of nitrogens with two attached hydrogens (primary N) is 2. The molecule has 0 amide bonds. The van der Waals surface area contributed by atoms with Crippen LogP contribution < -0.4 is 11.5 Å². The van der Waals surface area contributed by atoms with Crippen molar-refractivity contribution in [2.45, 2.75) is 6.10 Å². The number of methoxy groups -OCH3 is 1. The van der Waals surface area contributed by atoms with Crippen LogP contribution in [0.15, 0.2) is 29.3 Å². The molecule has 4 N–H and O–H groups in total. The minimum absolute atomic E-state index is 0.0455. The van der Waals surface area contributed by atoms with Crippen LogP contribution in [0.1, 0.15) is 11.7 Å². The fraction of sp³-hybridized carbons (Fsp3) is 0.300. The molecule has 0 aromatic heterocycles. The summed E-state index contributed by atoms with van der Waals surface area (Å²) < 4.78 is 5.26. The van der Waals surface area contributed by atoms with E-state index in [1.807, 2.05) is 18.2 Å². The predicted octanol–water partition coefficient (Wildman–Crippen LogP) is 1.30. The number of guanidine groups is 1. The molecule has 0 aliphatic carbocycles. The summed E-state index contributed by atoms with van der Waals surface area (Å²) in [6, 6.07) is 7.44. The molecule has 0 aliphatic heterocycles. The maximum absolute atomic E-state index is 6.02. The molecule has 0 heterocycles. The van der Waals surface area contributed by atoms with Crippen molar-refractivity contribution in [3.63, 3.8) is 0 Å². The largest absolute Gasteiger partial charge is 0.375 e. The van der Waals surface area contributed by atoms with Crippen LogP contribution in [0.4, 0.5) is 0 Å². The van der Waals surface area contributed by atoms with Crippen molar-refractivity contribution in [3.05, 3.63) is 34.9 Å². The van der Waals surface area contributed by atoms with E-state index in [-0.39, 0.29) is 12.1 Å². The van der Waals surface area contributed by atoms with E-state index in [9.17, 15) is 0 Å². The molecule has 0 spiro atoms. The number of ether oxygens (including phenoxy) is 1. The normalized spacial score (nSPS) is 12.1. The fourth-order valence-corrected chi connectivity index (χ4v) is 1.48. The van der Waals surface area contributed by atoms with Crippen molar-refractivity contribution < 1.29 is 4.74 Å². The Kier molecular flexibility index (Phi) is 4.39. The molecular weight excluding hydrogens is 214 g/mol. The summed E-state index contributed by atoms with van der Waals surface area (Å²) in [7, 11) is 1.59. The molecule has 1 atom stereocenters.